The molecule has 0 aromatic heterocycles. The van der Waals surface area contributed by atoms with E-state index in [1.165, 1.54) is 12.5 Å². The molecule has 0 radical (unpaired) electrons. The Kier molecular flexibility index (Phi) is 7.68. The number of sulfone groups is 1. The summed E-state index contributed by atoms with van der Waals surface area (Å²) in [6.45, 7) is 17.2. The van der Waals surface area contributed by atoms with Crippen LogP contribution in [0.5, 0.6) is 0 Å². The van der Waals surface area contributed by atoms with Gasteiger partial charge in [-0.15, -0.1) is 0 Å². The third-order valence-corrected chi connectivity index (χ3v) is 15.2. The van der Waals surface area contributed by atoms with E-state index in [0.717, 1.165) is 50.5 Å². The second-order valence-electron chi connectivity index (χ2n) is 16.9. The van der Waals surface area contributed by atoms with Crippen LogP contribution in [0.25, 0.3) is 0 Å². The molecule has 5 aliphatic rings. The van der Waals surface area contributed by atoms with Crippen molar-refractivity contribution < 1.29 is 27.5 Å². The number of rotatable bonds is 5. The monoisotopic (exact) mass is 614 g/mol. The maximum absolute atomic E-state index is 14.6. The molecule has 0 bridgehead atoms. The van der Waals surface area contributed by atoms with E-state index in [0.29, 0.717) is 24.8 Å². The Bertz CT molecular complexity index is 1400. The molecule has 0 N–H and O–H groups in total. The predicted molar refractivity (Wildman–Crippen MR) is 169 cm³/mol. The van der Waals surface area contributed by atoms with Crippen LogP contribution in [0.4, 0.5) is 0 Å². The minimum absolute atomic E-state index is 0.00151. The lowest BCUT2D eigenvalue weighted by Crippen LogP contribution is -2.66. The van der Waals surface area contributed by atoms with Crippen molar-refractivity contribution in [3.63, 3.8) is 0 Å². The number of methoxy groups -OCH3 is 1. The summed E-state index contributed by atoms with van der Waals surface area (Å²) >= 11 is 0. The van der Waals surface area contributed by atoms with Crippen LogP contribution in [-0.4, -0.2) is 38.8 Å². The number of carbonyl (C=O) groups excluding carboxylic acids is 3. The zero-order valence-corrected chi connectivity index (χ0v) is 28.8. The highest BCUT2D eigenvalue weighted by Crippen LogP contribution is 2.75. The Morgan fingerprint density at radius 2 is 1.65 bits per heavy atom. The first-order valence-corrected chi connectivity index (χ1v) is 18.3. The van der Waals surface area contributed by atoms with Gasteiger partial charge in [0, 0.05) is 22.3 Å². The minimum Gasteiger partial charge on any atom is -0.469 e. The van der Waals surface area contributed by atoms with Gasteiger partial charge in [0.25, 0.3) is 0 Å². The number of fused-ring (bicyclic) bond motifs is 7. The van der Waals surface area contributed by atoms with Crippen LogP contribution in [0, 0.1) is 50.2 Å². The van der Waals surface area contributed by atoms with Gasteiger partial charge in [0.2, 0.25) is 0 Å². The van der Waals surface area contributed by atoms with Crippen LogP contribution in [-0.2, 0) is 29.0 Å². The molecule has 5 aliphatic carbocycles. The average molecular weight is 615 g/mol. The molecule has 0 aliphatic heterocycles. The summed E-state index contributed by atoms with van der Waals surface area (Å²) in [6, 6.07) is 0. The highest BCUT2D eigenvalue weighted by molar-refractivity contribution is 7.94. The average Bonchev–Trinajstić information content (AvgIpc) is 2.91. The first-order chi connectivity index (χ1) is 19.7. The number of hydrogen-bond acceptors (Lipinski definition) is 6. The molecule has 7 heteroatoms. The predicted octanol–water partition coefficient (Wildman–Crippen LogP) is 7.42. The van der Waals surface area contributed by atoms with Crippen LogP contribution in [0.15, 0.2) is 22.6 Å². The fraction of sp³-hybridized carbons (Fsp3) is 0.806. The van der Waals surface area contributed by atoms with Crippen molar-refractivity contribution in [2.75, 3.05) is 12.9 Å². The van der Waals surface area contributed by atoms with E-state index in [1.54, 1.807) is 0 Å². The number of ketones is 2. The maximum atomic E-state index is 14.6. The molecular formula is C36H54O6S. The molecule has 7 atom stereocenters. The van der Waals surface area contributed by atoms with Gasteiger partial charge >= 0.3 is 5.97 Å². The number of Topliss-reactive ketones (excluding diaryl/α,β-unsaturated/α-hetero) is 1. The van der Waals surface area contributed by atoms with Crippen molar-refractivity contribution in [2.24, 2.45) is 50.2 Å². The Balaban J connectivity index is 1.65. The normalized spacial score (nSPS) is 42.7. The lowest BCUT2D eigenvalue weighted by molar-refractivity contribution is -0.192. The Morgan fingerprint density at radius 3 is 2.28 bits per heavy atom. The van der Waals surface area contributed by atoms with E-state index in [4.69, 9.17) is 4.74 Å². The SMILES string of the molecule is CCCCS(=O)(=O)/C=C1\C[C@]2(C)C3=CC(=O)[C@@H]4[C@@H]5CC(C)(C)CC[C@]5(C(=O)OC)CC[C@@]4(C)[C@]3(C)CC[C@H]2C(C)(C)C1=O. The van der Waals surface area contributed by atoms with E-state index < -0.39 is 26.1 Å². The first kappa shape index (κ1) is 32.6. The standard InChI is InChI=1S/C36H54O6S/c1-10-11-18-43(40,41)22-23-20-33(6)26(32(4,5)29(23)38)12-13-34(7)27(33)19-25(37)28-24-21-31(2,3)14-16-36(24,30(39)42-9)17-15-35(28,34)8/h19,22,24,26,28H,10-18,20-21H2,1-9H3/b23-22+/t24-,26-,28-,33-,34+,35+,36-/m0/s1. The molecule has 0 saturated heterocycles. The second kappa shape index (κ2) is 10.1. The lowest BCUT2D eigenvalue weighted by atomic mass is 9.33. The maximum Gasteiger partial charge on any atom is 0.312 e. The van der Waals surface area contributed by atoms with Crippen LogP contribution < -0.4 is 0 Å². The fourth-order valence-electron chi connectivity index (χ4n) is 11.2. The number of unbranched alkanes of at least 4 members (excludes halogenated alkanes) is 1. The van der Waals surface area contributed by atoms with E-state index >= 15 is 0 Å². The third kappa shape index (κ3) is 4.59. The number of carbonyl (C=O) groups is 3. The highest BCUT2D eigenvalue weighted by Gasteiger charge is 2.71. The van der Waals surface area contributed by atoms with E-state index in [1.807, 2.05) is 26.8 Å². The molecule has 4 saturated carbocycles. The van der Waals surface area contributed by atoms with Gasteiger partial charge in [-0.1, -0.05) is 67.4 Å². The molecule has 0 aromatic rings. The number of ether oxygens (including phenoxy) is 1. The largest absolute Gasteiger partial charge is 0.469 e. The summed E-state index contributed by atoms with van der Waals surface area (Å²) in [5.74, 6) is -0.459. The molecule has 43 heavy (non-hydrogen) atoms. The summed E-state index contributed by atoms with van der Waals surface area (Å²) in [6.07, 6.45) is 9.27. The summed E-state index contributed by atoms with van der Waals surface area (Å²) < 4.78 is 31.6. The Morgan fingerprint density at radius 1 is 1.00 bits per heavy atom. The molecule has 5 rings (SSSR count). The first-order valence-electron chi connectivity index (χ1n) is 16.6. The number of allylic oxidation sites excluding steroid dienone is 3. The number of hydrogen-bond donors (Lipinski definition) is 0. The van der Waals surface area contributed by atoms with Gasteiger partial charge < -0.3 is 4.74 Å². The molecule has 0 unspecified atom stereocenters. The topological polar surface area (TPSA) is 94.6 Å². The van der Waals surface area contributed by atoms with Gasteiger partial charge in [0.15, 0.2) is 21.4 Å². The number of esters is 1. The van der Waals surface area contributed by atoms with Gasteiger partial charge in [-0.25, -0.2) is 8.42 Å². The minimum atomic E-state index is -3.53. The van der Waals surface area contributed by atoms with E-state index in [2.05, 4.69) is 34.6 Å². The van der Waals surface area contributed by atoms with Crippen LogP contribution in [0.3, 0.4) is 0 Å². The van der Waals surface area contributed by atoms with Gasteiger partial charge in [-0.2, -0.15) is 0 Å². The van der Waals surface area contributed by atoms with Gasteiger partial charge in [0.1, 0.15) is 0 Å². The van der Waals surface area contributed by atoms with Crippen molar-refractivity contribution in [3.8, 4) is 0 Å². The quantitative estimate of drug-likeness (QED) is 0.236. The molecular weight excluding hydrogens is 560 g/mol. The fourth-order valence-corrected chi connectivity index (χ4v) is 12.6. The van der Waals surface area contributed by atoms with Gasteiger partial charge in [0.05, 0.1) is 18.3 Å². The zero-order valence-electron chi connectivity index (χ0n) is 28.0. The summed E-state index contributed by atoms with van der Waals surface area (Å²) in [5.41, 5.74) is -1.07. The van der Waals surface area contributed by atoms with Crippen molar-refractivity contribution >= 4 is 27.4 Å². The zero-order chi connectivity index (χ0) is 32.0. The molecule has 0 heterocycles. The molecule has 4 fully saturated rings. The van der Waals surface area contributed by atoms with Crippen molar-refractivity contribution in [1.29, 1.82) is 0 Å². The van der Waals surface area contributed by atoms with Crippen molar-refractivity contribution in [3.05, 3.63) is 22.6 Å². The summed E-state index contributed by atoms with van der Waals surface area (Å²) in [5, 5.41) is 1.27. The van der Waals surface area contributed by atoms with Crippen LogP contribution >= 0.6 is 0 Å². The molecule has 0 spiro atoms. The molecule has 0 amide bonds. The van der Waals surface area contributed by atoms with Crippen LogP contribution in [0.2, 0.25) is 0 Å². The molecule has 6 nitrogen and oxygen atoms in total. The Labute approximate surface area is 259 Å². The van der Waals surface area contributed by atoms with Gasteiger partial charge in [-0.3, -0.25) is 14.4 Å². The highest BCUT2D eigenvalue weighted by atomic mass is 32.2. The molecule has 240 valence electrons. The van der Waals surface area contributed by atoms with E-state index in [9.17, 15) is 22.8 Å². The smallest absolute Gasteiger partial charge is 0.312 e. The third-order valence-electron chi connectivity index (χ3n) is 13.7. The lowest BCUT2D eigenvalue weighted by Gasteiger charge is -2.69. The second-order valence-corrected chi connectivity index (χ2v) is 18.9. The Hall–Kier alpha value is -1.76. The van der Waals surface area contributed by atoms with Crippen molar-refractivity contribution in [2.45, 2.75) is 120 Å². The van der Waals surface area contributed by atoms with E-state index in [-0.39, 0.29) is 57.3 Å². The van der Waals surface area contributed by atoms with Crippen molar-refractivity contribution in [1.82, 2.24) is 0 Å². The molecule has 0 aromatic carbocycles. The summed E-state index contributed by atoms with van der Waals surface area (Å²) in [7, 11) is -2.05. The summed E-state index contributed by atoms with van der Waals surface area (Å²) in [4.78, 5) is 42.0. The van der Waals surface area contributed by atoms with Gasteiger partial charge in [-0.05, 0) is 97.4 Å². The van der Waals surface area contributed by atoms with Crippen LogP contribution in [0.1, 0.15) is 120 Å².